The first-order valence-electron chi connectivity index (χ1n) is 22.4. The summed E-state index contributed by atoms with van der Waals surface area (Å²) in [5, 5.41) is 5.47. The van der Waals surface area contributed by atoms with Crippen molar-refractivity contribution in [2.24, 2.45) is 12.8 Å². The first-order chi connectivity index (χ1) is 30.5. The van der Waals surface area contributed by atoms with Crippen molar-refractivity contribution in [1.29, 1.82) is 0 Å². The molecule has 0 saturated carbocycles. The first-order valence-corrected chi connectivity index (χ1v) is 22.4. The molecule has 0 radical (unpaired) electrons. The molecule has 3 aliphatic heterocycles. The van der Waals surface area contributed by atoms with Gasteiger partial charge in [-0.2, -0.15) is 0 Å². The number of rotatable bonds is 22. The van der Waals surface area contributed by atoms with Gasteiger partial charge in [0, 0.05) is 59.2 Å². The van der Waals surface area contributed by atoms with Gasteiger partial charge in [0.15, 0.2) is 0 Å². The van der Waals surface area contributed by atoms with Crippen LogP contribution in [0.3, 0.4) is 0 Å². The molecule has 5 amide bonds. The molecular weight excluding hydrogens is 805 g/mol. The average molecular weight is 865 g/mol. The standard InChI is InChI=1S/C48H60N6O9/c1-31(37(21-23-41(49)55)50-47(59)40-29-36-13-3-10-34-12-5-16-43(57)54(40)44(34)36)63-30-33-19-17-32(18-20-33)9-6-25-61-27-8-28-62-26-7-14-35-11-4-15-38-45(35)52(2)48(60)53(38)39-22-24-42(56)51-46(39)58/h3-4,10-11,13,15,17-20,31,37,39-40H,5-9,12,14,16,21-30H2,1-2H3,(H2,49,55)(H,50,59)(H,51,56,58)/t31-,37+,39?,40+/m1/s1. The number of amides is 5. The zero-order valence-corrected chi connectivity index (χ0v) is 36.4. The van der Waals surface area contributed by atoms with Crippen molar-refractivity contribution in [2.45, 2.75) is 121 Å². The maximum Gasteiger partial charge on any atom is 0.329 e. The van der Waals surface area contributed by atoms with Crippen molar-refractivity contribution < 1.29 is 38.2 Å². The van der Waals surface area contributed by atoms with Crippen LogP contribution in [-0.2, 0) is 77.5 Å². The number of hydrogen-bond acceptors (Lipinski definition) is 9. The molecule has 7 rings (SSSR count). The smallest absolute Gasteiger partial charge is 0.329 e. The zero-order valence-electron chi connectivity index (χ0n) is 36.4. The van der Waals surface area contributed by atoms with Crippen molar-refractivity contribution in [3.05, 3.63) is 99.0 Å². The highest BCUT2D eigenvalue weighted by Crippen LogP contribution is 2.39. The number of imidazole rings is 1. The molecule has 15 nitrogen and oxygen atoms in total. The maximum absolute atomic E-state index is 13.8. The Labute approximate surface area is 367 Å². The largest absolute Gasteiger partial charge is 0.381 e. The van der Waals surface area contributed by atoms with Crippen molar-refractivity contribution in [3.8, 4) is 0 Å². The number of anilines is 1. The summed E-state index contributed by atoms with van der Waals surface area (Å²) in [6.07, 6.45) is 6.96. The van der Waals surface area contributed by atoms with E-state index in [1.165, 1.54) is 10.1 Å². The Morgan fingerprint density at radius 3 is 2.30 bits per heavy atom. The predicted molar refractivity (Wildman–Crippen MR) is 237 cm³/mol. The Hall–Kier alpha value is -5.64. The lowest BCUT2D eigenvalue weighted by Gasteiger charge is -2.29. The quantitative estimate of drug-likeness (QED) is 0.0765. The molecule has 15 heteroatoms. The van der Waals surface area contributed by atoms with Crippen molar-refractivity contribution in [2.75, 3.05) is 31.3 Å². The number of benzene rings is 3. The number of nitrogens with zero attached hydrogens (tertiary/aromatic N) is 3. The number of aryl methyl sites for hydroxylation is 4. The van der Waals surface area contributed by atoms with E-state index >= 15 is 0 Å². The molecule has 4 N–H and O–H groups in total. The van der Waals surface area contributed by atoms with Gasteiger partial charge in [-0.05, 0) is 98.6 Å². The van der Waals surface area contributed by atoms with E-state index in [1.54, 1.807) is 16.5 Å². The minimum absolute atomic E-state index is 0.0366. The van der Waals surface area contributed by atoms with E-state index in [0.717, 1.165) is 72.0 Å². The van der Waals surface area contributed by atoms with Crippen LogP contribution in [0.1, 0.15) is 98.6 Å². The Balaban J connectivity index is 0.779. The summed E-state index contributed by atoms with van der Waals surface area (Å²) in [7, 11) is 1.71. The van der Waals surface area contributed by atoms with Crippen LogP contribution in [-0.4, -0.2) is 83.3 Å². The van der Waals surface area contributed by atoms with Gasteiger partial charge >= 0.3 is 5.69 Å². The fourth-order valence-electron chi connectivity index (χ4n) is 9.14. The molecule has 63 heavy (non-hydrogen) atoms. The van der Waals surface area contributed by atoms with Crippen LogP contribution in [0, 0.1) is 0 Å². The van der Waals surface area contributed by atoms with Crippen LogP contribution in [0.2, 0.25) is 0 Å². The van der Waals surface area contributed by atoms with Crippen molar-refractivity contribution in [3.63, 3.8) is 0 Å². The fraction of sp³-hybridized carbons (Fsp3) is 0.500. The van der Waals surface area contributed by atoms with Gasteiger partial charge in [-0.25, -0.2) is 4.79 Å². The van der Waals surface area contributed by atoms with Gasteiger partial charge in [-0.15, -0.1) is 0 Å². The number of hydrogen-bond donors (Lipinski definition) is 3. The highest BCUT2D eigenvalue weighted by Gasteiger charge is 2.41. The monoisotopic (exact) mass is 864 g/mol. The number of nitrogens with two attached hydrogens (primary N) is 1. The SMILES string of the molecule is C[C@@H](OCc1ccc(CCCOCCCOCCCc2cccc3c2n(C)c(=O)n3C2CCC(=O)NC2=O)cc1)[C@H](CCC(N)=O)NC(=O)[C@@H]1Cc2cccc3c2N1C(=O)CCC3. The lowest BCUT2D eigenvalue weighted by molar-refractivity contribution is -0.135. The molecule has 1 saturated heterocycles. The summed E-state index contributed by atoms with van der Waals surface area (Å²) in [5.74, 6) is -1.50. The van der Waals surface area contributed by atoms with Crippen LogP contribution in [0.4, 0.5) is 5.69 Å². The molecule has 4 heterocycles. The van der Waals surface area contributed by atoms with Gasteiger partial charge in [0.2, 0.25) is 29.5 Å². The Kier molecular flexibility index (Phi) is 15.2. The molecule has 336 valence electrons. The Morgan fingerprint density at radius 1 is 0.857 bits per heavy atom. The second kappa shape index (κ2) is 21.2. The van der Waals surface area contributed by atoms with Gasteiger partial charge in [0.05, 0.1) is 35.5 Å². The van der Waals surface area contributed by atoms with Crippen molar-refractivity contribution in [1.82, 2.24) is 19.8 Å². The number of para-hydroxylation sites is 2. The minimum Gasteiger partial charge on any atom is -0.381 e. The highest BCUT2D eigenvalue weighted by atomic mass is 16.5. The number of carbonyl (C=O) groups is 5. The number of piperidine rings is 1. The van der Waals surface area contributed by atoms with Gasteiger partial charge in [0.1, 0.15) is 12.1 Å². The first kappa shape index (κ1) is 45.4. The molecule has 3 aliphatic rings. The molecular formula is C48H60N6O9. The molecule has 0 aliphatic carbocycles. The number of ether oxygens (including phenoxy) is 3. The van der Waals surface area contributed by atoms with E-state index in [0.29, 0.717) is 70.7 Å². The lowest BCUT2D eigenvalue weighted by Crippen LogP contribution is -2.53. The predicted octanol–water partition coefficient (Wildman–Crippen LogP) is 4.26. The van der Waals surface area contributed by atoms with E-state index in [1.807, 2.05) is 55.5 Å². The third kappa shape index (κ3) is 10.9. The molecule has 1 unspecified atom stereocenters. The summed E-state index contributed by atoms with van der Waals surface area (Å²) >= 11 is 0. The average Bonchev–Trinajstić information content (AvgIpc) is 3.72. The number of aromatic nitrogens is 2. The highest BCUT2D eigenvalue weighted by molar-refractivity contribution is 6.05. The summed E-state index contributed by atoms with van der Waals surface area (Å²) in [4.78, 5) is 77.8. The summed E-state index contributed by atoms with van der Waals surface area (Å²) in [6.45, 7) is 4.62. The van der Waals surface area contributed by atoms with Crippen LogP contribution >= 0.6 is 0 Å². The summed E-state index contributed by atoms with van der Waals surface area (Å²) in [5.41, 5.74) is 12.9. The van der Waals surface area contributed by atoms with E-state index in [9.17, 15) is 28.8 Å². The molecule has 4 aromatic rings. The third-order valence-electron chi connectivity index (χ3n) is 12.5. The summed E-state index contributed by atoms with van der Waals surface area (Å²) in [6, 6.07) is 18.2. The number of primary amides is 1. The third-order valence-corrected chi connectivity index (χ3v) is 12.5. The van der Waals surface area contributed by atoms with Gasteiger partial charge in [-0.1, -0.05) is 54.6 Å². The second-order valence-electron chi connectivity index (χ2n) is 17.0. The molecule has 0 bridgehead atoms. The molecule has 3 aromatic carbocycles. The van der Waals surface area contributed by atoms with Gasteiger partial charge in [-0.3, -0.25) is 43.3 Å². The van der Waals surface area contributed by atoms with Gasteiger partial charge in [0.25, 0.3) is 0 Å². The molecule has 0 spiro atoms. The van der Waals surface area contributed by atoms with E-state index in [-0.39, 0.29) is 36.3 Å². The number of fused-ring (bicyclic) bond motifs is 1. The van der Waals surface area contributed by atoms with Crippen LogP contribution in [0.25, 0.3) is 11.0 Å². The molecule has 4 atom stereocenters. The molecule has 1 fully saturated rings. The van der Waals surface area contributed by atoms with E-state index in [2.05, 4.69) is 22.8 Å². The topological polar surface area (TPSA) is 193 Å². The fourth-order valence-corrected chi connectivity index (χ4v) is 9.14. The van der Waals surface area contributed by atoms with E-state index < -0.39 is 36.0 Å². The normalized spacial score (nSPS) is 18.3. The number of imide groups is 1. The lowest BCUT2D eigenvalue weighted by atomic mass is 10.0. The Bertz CT molecular complexity index is 2350. The Morgan fingerprint density at radius 2 is 1.56 bits per heavy atom. The van der Waals surface area contributed by atoms with Gasteiger partial charge < -0.3 is 25.3 Å². The van der Waals surface area contributed by atoms with Crippen molar-refractivity contribution >= 4 is 46.3 Å². The zero-order chi connectivity index (χ0) is 44.5. The van der Waals surface area contributed by atoms with Crippen LogP contribution < -0.4 is 27.0 Å². The van der Waals surface area contributed by atoms with E-state index in [4.69, 9.17) is 19.9 Å². The number of nitrogens with one attached hydrogen (secondary N) is 2. The van der Waals surface area contributed by atoms with Crippen LogP contribution in [0.15, 0.2) is 65.5 Å². The minimum atomic E-state index is -0.707. The number of carbonyl (C=O) groups excluding carboxylic acids is 5. The second-order valence-corrected chi connectivity index (χ2v) is 17.0. The van der Waals surface area contributed by atoms with Crippen LogP contribution in [0.5, 0.6) is 0 Å². The molecule has 1 aromatic heterocycles. The summed E-state index contributed by atoms with van der Waals surface area (Å²) < 4.78 is 21.1. The maximum atomic E-state index is 13.8.